The second-order valence-corrected chi connectivity index (χ2v) is 4.99. The Balaban J connectivity index is 2.44. The molecule has 2 aromatic heterocycles. The molecule has 17 heavy (non-hydrogen) atoms. The third-order valence-electron chi connectivity index (χ3n) is 2.94. The summed E-state index contributed by atoms with van der Waals surface area (Å²) < 4.78 is 1.95. The van der Waals surface area contributed by atoms with Crippen molar-refractivity contribution in [3.05, 3.63) is 32.9 Å². The number of nitrogens with zero attached hydrogens (tertiary/aromatic N) is 3. The van der Waals surface area contributed by atoms with Crippen LogP contribution in [0.4, 0.5) is 5.82 Å². The van der Waals surface area contributed by atoms with Crippen molar-refractivity contribution in [3.63, 3.8) is 0 Å². The van der Waals surface area contributed by atoms with Gasteiger partial charge in [0.2, 0.25) is 0 Å². The van der Waals surface area contributed by atoms with E-state index in [0.29, 0.717) is 17.9 Å². The van der Waals surface area contributed by atoms with Crippen LogP contribution >= 0.6 is 11.3 Å². The van der Waals surface area contributed by atoms with Crippen LogP contribution in [0.2, 0.25) is 0 Å². The Labute approximate surface area is 104 Å². The molecular formula is C12H14N4S. The highest BCUT2D eigenvalue weighted by Crippen LogP contribution is 2.25. The molecule has 4 nitrogen and oxygen atoms in total. The Kier molecular flexibility index (Phi) is 2.90. The van der Waals surface area contributed by atoms with Crippen molar-refractivity contribution >= 4 is 17.2 Å². The summed E-state index contributed by atoms with van der Waals surface area (Å²) >= 11 is 1.61. The number of aryl methyl sites for hydroxylation is 1. The molecule has 2 aromatic rings. The summed E-state index contributed by atoms with van der Waals surface area (Å²) in [7, 11) is 0. The Hall–Kier alpha value is -1.80. The fourth-order valence-corrected chi connectivity index (χ4v) is 2.61. The molecule has 0 radical (unpaired) electrons. The summed E-state index contributed by atoms with van der Waals surface area (Å²) in [5.41, 5.74) is 9.58. The van der Waals surface area contributed by atoms with Gasteiger partial charge >= 0.3 is 0 Å². The van der Waals surface area contributed by atoms with Gasteiger partial charge in [-0.1, -0.05) is 0 Å². The van der Waals surface area contributed by atoms with Crippen molar-refractivity contribution in [1.82, 2.24) is 9.55 Å². The molecular weight excluding hydrogens is 232 g/mol. The minimum absolute atomic E-state index is 0.537. The zero-order valence-corrected chi connectivity index (χ0v) is 10.9. The highest BCUT2D eigenvalue weighted by Gasteiger charge is 2.15. The van der Waals surface area contributed by atoms with Gasteiger partial charge in [0.15, 0.2) is 0 Å². The van der Waals surface area contributed by atoms with E-state index in [1.54, 1.807) is 11.3 Å². The molecule has 2 heterocycles. The van der Waals surface area contributed by atoms with Crippen molar-refractivity contribution in [3.8, 4) is 6.07 Å². The number of nitriles is 1. The number of rotatable bonds is 2. The molecule has 2 N–H and O–H groups in total. The summed E-state index contributed by atoms with van der Waals surface area (Å²) in [5, 5.41) is 12.1. The lowest BCUT2D eigenvalue weighted by Crippen LogP contribution is -2.06. The van der Waals surface area contributed by atoms with Crippen molar-refractivity contribution < 1.29 is 0 Å². The molecule has 0 unspecified atom stereocenters. The van der Waals surface area contributed by atoms with Crippen molar-refractivity contribution in [2.45, 2.75) is 27.3 Å². The third-order valence-corrected chi connectivity index (χ3v) is 3.89. The fraction of sp³-hybridized carbons (Fsp3) is 0.333. The van der Waals surface area contributed by atoms with Crippen molar-refractivity contribution in [2.24, 2.45) is 0 Å². The third kappa shape index (κ3) is 1.92. The van der Waals surface area contributed by atoms with E-state index in [9.17, 15) is 0 Å². The minimum Gasteiger partial charge on any atom is -0.384 e. The van der Waals surface area contributed by atoms with E-state index in [1.807, 2.05) is 30.7 Å². The van der Waals surface area contributed by atoms with E-state index in [1.165, 1.54) is 0 Å². The summed E-state index contributed by atoms with van der Waals surface area (Å²) in [5.74, 6) is 0.537. The maximum Gasteiger partial charge on any atom is 0.122 e. The van der Waals surface area contributed by atoms with Crippen LogP contribution in [0.1, 0.15) is 27.5 Å². The second-order valence-electron chi connectivity index (χ2n) is 4.05. The van der Waals surface area contributed by atoms with Crippen LogP contribution in [0, 0.1) is 32.1 Å². The molecule has 2 rings (SSSR count). The minimum atomic E-state index is 0.537. The maximum absolute atomic E-state index is 9.05. The van der Waals surface area contributed by atoms with E-state index in [0.717, 1.165) is 22.0 Å². The number of nitrogen functional groups attached to an aromatic ring is 1. The summed E-state index contributed by atoms with van der Waals surface area (Å²) in [6.07, 6.45) is 0. The Morgan fingerprint density at radius 1 is 1.47 bits per heavy atom. The molecule has 0 aromatic carbocycles. The number of hydrogen-bond donors (Lipinski definition) is 1. The largest absolute Gasteiger partial charge is 0.384 e. The average molecular weight is 246 g/mol. The number of nitrogens with two attached hydrogens (primary N) is 1. The topological polar surface area (TPSA) is 67.6 Å². The van der Waals surface area contributed by atoms with Crippen LogP contribution in [-0.2, 0) is 6.54 Å². The quantitative estimate of drug-likeness (QED) is 0.884. The molecule has 5 heteroatoms. The van der Waals surface area contributed by atoms with Gasteiger partial charge in [-0.25, -0.2) is 4.98 Å². The van der Waals surface area contributed by atoms with Gasteiger partial charge in [0, 0.05) is 16.8 Å². The SMILES string of the molecule is Cc1csc(Cn2c(C)c(C)c(C#N)c2N)n1. The first-order valence-corrected chi connectivity index (χ1v) is 6.18. The summed E-state index contributed by atoms with van der Waals surface area (Å²) in [6, 6.07) is 2.15. The zero-order chi connectivity index (χ0) is 12.6. The summed E-state index contributed by atoms with van der Waals surface area (Å²) in [6.45, 7) is 6.51. The van der Waals surface area contributed by atoms with Crippen LogP contribution in [0.5, 0.6) is 0 Å². The molecule has 88 valence electrons. The van der Waals surface area contributed by atoms with Crippen LogP contribution in [-0.4, -0.2) is 9.55 Å². The molecule has 0 aliphatic carbocycles. The van der Waals surface area contributed by atoms with Crippen molar-refractivity contribution in [1.29, 1.82) is 5.26 Å². The van der Waals surface area contributed by atoms with Crippen molar-refractivity contribution in [2.75, 3.05) is 5.73 Å². The van der Waals surface area contributed by atoms with Gasteiger partial charge in [-0.2, -0.15) is 5.26 Å². The van der Waals surface area contributed by atoms with Gasteiger partial charge in [-0.15, -0.1) is 11.3 Å². The van der Waals surface area contributed by atoms with Crippen LogP contribution in [0.25, 0.3) is 0 Å². The predicted molar refractivity (Wildman–Crippen MR) is 69.0 cm³/mol. The highest BCUT2D eigenvalue weighted by atomic mass is 32.1. The van der Waals surface area contributed by atoms with Crippen LogP contribution < -0.4 is 5.73 Å². The lowest BCUT2D eigenvalue weighted by Gasteiger charge is -2.06. The summed E-state index contributed by atoms with van der Waals surface area (Å²) in [4.78, 5) is 4.41. The Morgan fingerprint density at radius 3 is 2.65 bits per heavy atom. The standard InChI is InChI=1S/C12H14N4S/c1-7-6-17-11(15-7)5-16-9(3)8(2)10(4-13)12(16)14/h6H,5,14H2,1-3H3. The molecule has 0 aliphatic rings. The van der Waals surface area contributed by atoms with E-state index in [2.05, 4.69) is 11.1 Å². The van der Waals surface area contributed by atoms with Gasteiger partial charge in [0.05, 0.1) is 12.1 Å². The first kappa shape index (κ1) is 11.7. The number of aromatic nitrogens is 2. The maximum atomic E-state index is 9.05. The highest BCUT2D eigenvalue weighted by molar-refractivity contribution is 7.09. The molecule has 0 aliphatic heterocycles. The van der Waals surface area contributed by atoms with Gasteiger partial charge in [0.1, 0.15) is 16.9 Å². The lowest BCUT2D eigenvalue weighted by atomic mass is 10.2. The predicted octanol–water partition coefficient (Wildman–Crippen LogP) is 2.37. The normalized spacial score (nSPS) is 10.5. The smallest absolute Gasteiger partial charge is 0.122 e. The second kappa shape index (κ2) is 4.22. The van der Waals surface area contributed by atoms with Gasteiger partial charge in [-0.05, 0) is 26.3 Å². The molecule has 0 bridgehead atoms. The monoisotopic (exact) mass is 246 g/mol. The Bertz CT molecular complexity index is 601. The van der Waals surface area contributed by atoms with Gasteiger partial charge < -0.3 is 10.3 Å². The van der Waals surface area contributed by atoms with Crippen LogP contribution in [0.15, 0.2) is 5.38 Å². The van der Waals surface area contributed by atoms with Gasteiger partial charge in [-0.3, -0.25) is 0 Å². The fourth-order valence-electron chi connectivity index (χ4n) is 1.85. The molecule has 0 amide bonds. The van der Waals surface area contributed by atoms with E-state index < -0.39 is 0 Å². The Morgan fingerprint density at radius 2 is 2.18 bits per heavy atom. The molecule has 0 spiro atoms. The lowest BCUT2D eigenvalue weighted by molar-refractivity contribution is 0.775. The number of thiazole rings is 1. The molecule has 0 saturated heterocycles. The van der Waals surface area contributed by atoms with Gasteiger partial charge in [0.25, 0.3) is 0 Å². The molecule has 0 saturated carbocycles. The number of hydrogen-bond acceptors (Lipinski definition) is 4. The van der Waals surface area contributed by atoms with E-state index >= 15 is 0 Å². The molecule has 0 fully saturated rings. The first-order chi connectivity index (χ1) is 8.04. The number of anilines is 1. The van der Waals surface area contributed by atoms with E-state index in [4.69, 9.17) is 11.0 Å². The average Bonchev–Trinajstić information content (AvgIpc) is 2.78. The van der Waals surface area contributed by atoms with Crippen LogP contribution in [0.3, 0.4) is 0 Å². The van der Waals surface area contributed by atoms with E-state index in [-0.39, 0.29) is 0 Å². The first-order valence-electron chi connectivity index (χ1n) is 5.30. The zero-order valence-electron chi connectivity index (χ0n) is 10.1. The molecule has 0 atom stereocenters.